The molecular formula is C24H28N4O4. The number of nitriles is 1. The number of carbonyl (C=O) groups excluding carboxylic acids is 1. The lowest BCUT2D eigenvalue weighted by Crippen LogP contribution is -2.57. The van der Waals surface area contributed by atoms with E-state index in [0.29, 0.717) is 30.9 Å². The van der Waals surface area contributed by atoms with Crippen LogP contribution in [0.25, 0.3) is 0 Å². The molecule has 2 N–H and O–H groups in total. The van der Waals surface area contributed by atoms with E-state index in [4.69, 9.17) is 14.7 Å². The minimum absolute atomic E-state index is 0.101. The largest absolute Gasteiger partial charge is 0.497 e. The summed E-state index contributed by atoms with van der Waals surface area (Å²) >= 11 is 0. The number of aliphatic hydroxyl groups is 1. The standard InChI is InChI=1S/C24H28N4O4/c1-31-22-10-4-18(5-11-22)26-24(30)27-13-19-6-7-20(14-27)28(19)15-21(29)16-32-23-8-2-17(12-25)3-9-23/h2-5,8-11,19-21,29H,6-7,13-16H2,1H3,(H,26,30). The Bertz CT molecular complexity index is 943. The van der Waals surface area contributed by atoms with Crippen LogP contribution in [0.4, 0.5) is 10.5 Å². The molecule has 0 aromatic heterocycles. The summed E-state index contributed by atoms with van der Waals surface area (Å²) in [4.78, 5) is 16.9. The molecule has 4 rings (SSSR count). The van der Waals surface area contributed by atoms with E-state index < -0.39 is 6.10 Å². The molecular weight excluding hydrogens is 408 g/mol. The molecule has 32 heavy (non-hydrogen) atoms. The van der Waals surface area contributed by atoms with Crippen molar-refractivity contribution < 1.29 is 19.4 Å². The lowest BCUT2D eigenvalue weighted by molar-refractivity contribution is 0.0213. The number of carbonyl (C=O) groups is 1. The second-order valence-electron chi connectivity index (χ2n) is 8.25. The Hall–Kier alpha value is -3.28. The van der Waals surface area contributed by atoms with Gasteiger partial charge in [-0.15, -0.1) is 0 Å². The molecule has 2 aliphatic rings. The van der Waals surface area contributed by atoms with E-state index in [2.05, 4.69) is 16.3 Å². The molecule has 168 valence electrons. The van der Waals surface area contributed by atoms with Crippen molar-refractivity contribution in [3.05, 3.63) is 54.1 Å². The molecule has 2 fully saturated rings. The molecule has 3 unspecified atom stereocenters. The molecule has 8 nitrogen and oxygen atoms in total. The maximum Gasteiger partial charge on any atom is 0.321 e. The van der Waals surface area contributed by atoms with Crippen LogP contribution in [0.15, 0.2) is 48.5 Å². The van der Waals surface area contributed by atoms with Crippen LogP contribution < -0.4 is 14.8 Å². The number of hydrogen-bond acceptors (Lipinski definition) is 6. The number of fused-ring (bicyclic) bond motifs is 2. The topological polar surface area (TPSA) is 98.1 Å². The van der Waals surface area contributed by atoms with Crippen LogP contribution in [0.1, 0.15) is 18.4 Å². The lowest BCUT2D eigenvalue weighted by Gasteiger charge is -2.41. The van der Waals surface area contributed by atoms with Gasteiger partial charge in [0.2, 0.25) is 0 Å². The third-order valence-electron chi connectivity index (χ3n) is 6.11. The Kier molecular flexibility index (Phi) is 6.78. The summed E-state index contributed by atoms with van der Waals surface area (Å²) in [7, 11) is 1.61. The number of ether oxygens (including phenoxy) is 2. The molecule has 2 bridgehead atoms. The monoisotopic (exact) mass is 436 g/mol. The van der Waals surface area contributed by atoms with E-state index in [9.17, 15) is 9.90 Å². The Balaban J connectivity index is 1.26. The highest BCUT2D eigenvalue weighted by Crippen LogP contribution is 2.30. The van der Waals surface area contributed by atoms with Crippen molar-refractivity contribution in [2.75, 3.05) is 38.7 Å². The highest BCUT2D eigenvalue weighted by molar-refractivity contribution is 5.89. The molecule has 0 aliphatic carbocycles. The molecule has 2 amide bonds. The summed E-state index contributed by atoms with van der Waals surface area (Å²) in [5, 5.41) is 22.3. The molecule has 3 atom stereocenters. The summed E-state index contributed by atoms with van der Waals surface area (Å²) < 4.78 is 10.8. The van der Waals surface area contributed by atoms with Crippen molar-refractivity contribution >= 4 is 11.7 Å². The van der Waals surface area contributed by atoms with Crippen molar-refractivity contribution in [3.63, 3.8) is 0 Å². The number of hydrogen-bond donors (Lipinski definition) is 2. The number of nitrogens with one attached hydrogen (secondary N) is 1. The summed E-state index contributed by atoms with van der Waals surface area (Å²) in [5.41, 5.74) is 1.31. The van der Waals surface area contributed by atoms with Crippen LogP contribution in [0.2, 0.25) is 0 Å². The van der Waals surface area contributed by atoms with Gasteiger partial charge in [0.1, 0.15) is 24.2 Å². The maximum absolute atomic E-state index is 12.8. The maximum atomic E-state index is 12.8. The van der Waals surface area contributed by atoms with Gasteiger partial charge in [-0.05, 0) is 61.4 Å². The number of benzene rings is 2. The SMILES string of the molecule is COc1ccc(NC(=O)N2CC3CCC(C2)N3CC(O)COc2ccc(C#N)cc2)cc1. The van der Waals surface area contributed by atoms with Crippen molar-refractivity contribution in [2.24, 2.45) is 0 Å². The van der Waals surface area contributed by atoms with Gasteiger partial charge >= 0.3 is 6.03 Å². The zero-order valence-electron chi connectivity index (χ0n) is 18.1. The molecule has 0 radical (unpaired) electrons. The first-order chi connectivity index (χ1) is 15.6. The fourth-order valence-corrected chi connectivity index (χ4v) is 4.45. The zero-order chi connectivity index (χ0) is 22.5. The number of likely N-dealkylation sites (tertiary alicyclic amines) is 1. The molecule has 8 heteroatoms. The van der Waals surface area contributed by atoms with Crippen LogP contribution in [-0.2, 0) is 0 Å². The van der Waals surface area contributed by atoms with Gasteiger partial charge in [-0.2, -0.15) is 5.26 Å². The summed E-state index contributed by atoms with van der Waals surface area (Å²) in [6.45, 7) is 1.98. The number of urea groups is 1. The zero-order valence-corrected chi connectivity index (χ0v) is 18.1. The average Bonchev–Trinajstić information content (AvgIpc) is 3.04. The van der Waals surface area contributed by atoms with Crippen LogP contribution in [-0.4, -0.2) is 72.5 Å². The highest BCUT2D eigenvalue weighted by Gasteiger charge is 2.41. The molecule has 2 aliphatic heterocycles. The normalized spacial score (nSPS) is 21.0. The lowest BCUT2D eigenvalue weighted by atomic mass is 10.1. The van der Waals surface area contributed by atoms with Gasteiger partial charge in [0.15, 0.2) is 0 Å². The molecule has 2 heterocycles. The Labute approximate surface area is 188 Å². The first kappa shape index (κ1) is 21.9. The number of anilines is 1. The minimum Gasteiger partial charge on any atom is -0.497 e. The predicted octanol–water partition coefficient (Wildman–Crippen LogP) is 2.69. The van der Waals surface area contributed by atoms with Gasteiger partial charge < -0.3 is 24.8 Å². The number of piperazine rings is 1. The number of nitrogens with zero attached hydrogens (tertiary/aromatic N) is 3. The van der Waals surface area contributed by atoms with Gasteiger partial charge in [0.05, 0.1) is 18.7 Å². The Morgan fingerprint density at radius 1 is 1.12 bits per heavy atom. The van der Waals surface area contributed by atoms with Crippen molar-refractivity contribution in [2.45, 2.75) is 31.0 Å². The summed E-state index contributed by atoms with van der Waals surface area (Å²) in [5.74, 6) is 1.38. The van der Waals surface area contributed by atoms with Crippen LogP contribution in [0, 0.1) is 11.3 Å². The van der Waals surface area contributed by atoms with Gasteiger partial charge in [-0.3, -0.25) is 4.90 Å². The number of aliphatic hydroxyl groups excluding tert-OH is 1. The van der Waals surface area contributed by atoms with Gasteiger partial charge in [-0.25, -0.2) is 4.79 Å². The van der Waals surface area contributed by atoms with Crippen molar-refractivity contribution in [1.82, 2.24) is 9.80 Å². The number of methoxy groups -OCH3 is 1. The van der Waals surface area contributed by atoms with E-state index in [-0.39, 0.29) is 24.7 Å². The smallest absolute Gasteiger partial charge is 0.321 e. The second-order valence-corrected chi connectivity index (χ2v) is 8.25. The molecule has 2 aromatic carbocycles. The van der Waals surface area contributed by atoms with Crippen LogP contribution in [0.5, 0.6) is 11.5 Å². The van der Waals surface area contributed by atoms with Gasteiger partial charge in [-0.1, -0.05) is 0 Å². The Morgan fingerprint density at radius 3 is 2.34 bits per heavy atom. The fourth-order valence-electron chi connectivity index (χ4n) is 4.45. The average molecular weight is 437 g/mol. The number of amides is 2. The van der Waals surface area contributed by atoms with Crippen molar-refractivity contribution in [3.8, 4) is 17.6 Å². The second kappa shape index (κ2) is 9.90. The van der Waals surface area contributed by atoms with E-state index in [0.717, 1.165) is 24.3 Å². The Morgan fingerprint density at radius 2 is 1.75 bits per heavy atom. The van der Waals surface area contributed by atoms with Gasteiger partial charge in [0.25, 0.3) is 0 Å². The first-order valence-corrected chi connectivity index (χ1v) is 10.8. The highest BCUT2D eigenvalue weighted by atomic mass is 16.5. The van der Waals surface area contributed by atoms with Crippen LogP contribution in [0.3, 0.4) is 0 Å². The third kappa shape index (κ3) is 5.13. The first-order valence-electron chi connectivity index (χ1n) is 10.8. The third-order valence-corrected chi connectivity index (χ3v) is 6.11. The summed E-state index contributed by atoms with van der Waals surface area (Å²) in [6, 6.07) is 16.6. The van der Waals surface area contributed by atoms with Crippen LogP contribution >= 0.6 is 0 Å². The fraction of sp³-hybridized carbons (Fsp3) is 0.417. The molecule has 2 aromatic rings. The molecule has 2 saturated heterocycles. The molecule has 0 spiro atoms. The van der Waals surface area contributed by atoms with E-state index in [1.165, 1.54) is 0 Å². The minimum atomic E-state index is -0.631. The number of rotatable bonds is 7. The summed E-state index contributed by atoms with van der Waals surface area (Å²) in [6.07, 6.45) is 1.40. The van der Waals surface area contributed by atoms with E-state index in [1.807, 2.05) is 29.2 Å². The van der Waals surface area contributed by atoms with E-state index in [1.54, 1.807) is 31.4 Å². The predicted molar refractivity (Wildman–Crippen MR) is 120 cm³/mol. The quantitative estimate of drug-likeness (QED) is 0.693. The van der Waals surface area contributed by atoms with E-state index >= 15 is 0 Å². The van der Waals surface area contributed by atoms with Gasteiger partial charge in [0, 0.05) is 37.4 Å². The molecule has 0 saturated carbocycles. The van der Waals surface area contributed by atoms with Crippen molar-refractivity contribution in [1.29, 1.82) is 5.26 Å².